The molecule has 2 aromatic rings. The van der Waals surface area contributed by atoms with Crippen molar-refractivity contribution in [2.75, 3.05) is 6.29 Å². The number of hydrogen-bond acceptors (Lipinski definition) is 6. The Morgan fingerprint density at radius 2 is 1.75 bits per heavy atom. The van der Waals surface area contributed by atoms with Crippen LogP contribution >= 0.6 is 7.60 Å². The van der Waals surface area contributed by atoms with Crippen LogP contribution in [0, 0.1) is 0 Å². The number of carbonyl (C=O) groups is 1. The number of nitrogens with one attached hydrogen (secondary N) is 1. The number of unbranched alkanes of at least 4 members (excludes halogenated alkanes) is 1. The number of carbonyl (C=O) groups excluding carboxylic acids is 1. The average Bonchev–Trinajstić information content (AvgIpc) is 2.82. The van der Waals surface area contributed by atoms with Crippen molar-refractivity contribution in [2.24, 2.45) is 0 Å². The van der Waals surface area contributed by atoms with Gasteiger partial charge in [0.15, 0.2) is 6.10 Å². The molecule has 1 aromatic carbocycles. The molecule has 0 fully saturated rings. The van der Waals surface area contributed by atoms with E-state index >= 15 is 0 Å². The van der Waals surface area contributed by atoms with E-state index in [2.05, 4.69) is 10.3 Å². The number of hydrogen-bond donors (Lipinski definition) is 2. The largest absolute Gasteiger partial charge is 0.481 e. The molecule has 1 aromatic heterocycles. The number of amides is 1. The maximum Gasteiger partial charge on any atom is 0.417 e. The maximum absolute atomic E-state index is 12.6. The molecule has 3 unspecified atom stereocenters. The second-order valence-electron chi connectivity index (χ2n) is 8.21. The number of aromatic nitrogens is 1. The SMILES string of the molecule is CCCCC(CCC)OP(=O)(O)CNC(=O)C(C)Oc1ccc(Oc2ccc(C(F)(F)F)cn2)cc1. The Labute approximate surface area is 208 Å². The molecule has 12 heteroatoms. The first kappa shape index (κ1) is 29.6. The van der Waals surface area contributed by atoms with Crippen molar-refractivity contribution in [2.45, 2.75) is 71.3 Å². The minimum absolute atomic E-state index is 0.0177. The minimum atomic E-state index is -4.49. The smallest absolute Gasteiger partial charge is 0.417 e. The second-order valence-corrected chi connectivity index (χ2v) is 10.0. The highest BCUT2D eigenvalue weighted by Crippen LogP contribution is 2.43. The standard InChI is InChI=1S/C24H32F3N2O6P/c1-4-6-8-21(7-5-2)35-36(31,32)16-29-23(30)17(3)33-19-10-12-20(13-11-19)34-22-14-9-18(15-28-22)24(25,26)27/h9-15,17,21H,4-8,16H2,1-3H3,(H,29,30)(H,31,32). The Hall–Kier alpha value is -2.62. The molecule has 200 valence electrons. The molecule has 0 radical (unpaired) electrons. The number of ether oxygens (including phenoxy) is 2. The van der Waals surface area contributed by atoms with E-state index in [-0.39, 0.29) is 12.0 Å². The van der Waals surface area contributed by atoms with Crippen molar-refractivity contribution in [3.05, 3.63) is 48.2 Å². The summed E-state index contributed by atoms with van der Waals surface area (Å²) in [7, 11) is -4.02. The highest BCUT2D eigenvalue weighted by Gasteiger charge is 2.31. The van der Waals surface area contributed by atoms with Gasteiger partial charge >= 0.3 is 13.8 Å². The molecule has 0 aliphatic rings. The van der Waals surface area contributed by atoms with Crippen LogP contribution in [0.3, 0.4) is 0 Å². The predicted octanol–water partition coefficient (Wildman–Crippen LogP) is 6.29. The van der Waals surface area contributed by atoms with Crippen LogP contribution in [0.15, 0.2) is 42.6 Å². The van der Waals surface area contributed by atoms with E-state index in [0.717, 1.165) is 31.4 Å². The monoisotopic (exact) mass is 532 g/mol. The van der Waals surface area contributed by atoms with Crippen molar-refractivity contribution in [3.63, 3.8) is 0 Å². The van der Waals surface area contributed by atoms with Crippen LogP contribution in [-0.2, 0) is 20.1 Å². The second kappa shape index (κ2) is 13.6. The highest BCUT2D eigenvalue weighted by atomic mass is 31.2. The highest BCUT2D eigenvalue weighted by molar-refractivity contribution is 7.52. The summed E-state index contributed by atoms with van der Waals surface area (Å²) in [6.07, 6.45) is -1.66. The molecule has 0 bridgehead atoms. The van der Waals surface area contributed by atoms with Crippen LogP contribution in [0.2, 0.25) is 0 Å². The van der Waals surface area contributed by atoms with Crippen LogP contribution in [0.25, 0.3) is 0 Å². The summed E-state index contributed by atoms with van der Waals surface area (Å²) >= 11 is 0. The molecule has 3 atom stereocenters. The van der Waals surface area contributed by atoms with Crippen molar-refractivity contribution < 1.29 is 41.4 Å². The van der Waals surface area contributed by atoms with Gasteiger partial charge < -0.3 is 24.2 Å². The van der Waals surface area contributed by atoms with Gasteiger partial charge in [0.25, 0.3) is 5.91 Å². The van der Waals surface area contributed by atoms with Gasteiger partial charge in [0.1, 0.15) is 17.8 Å². The van der Waals surface area contributed by atoms with Crippen LogP contribution in [0.1, 0.15) is 58.4 Å². The molecule has 0 spiro atoms. The van der Waals surface area contributed by atoms with Gasteiger partial charge in [0.05, 0.1) is 11.7 Å². The van der Waals surface area contributed by atoms with E-state index in [9.17, 15) is 27.4 Å². The molecule has 1 heterocycles. The third kappa shape index (κ3) is 10.2. The van der Waals surface area contributed by atoms with E-state index in [1.54, 1.807) is 0 Å². The number of nitrogens with zero attached hydrogens (tertiary/aromatic N) is 1. The Morgan fingerprint density at radius 3 is 2.31 bits per heavy atom. The zero-order valence-corrected chi connectivity index (χ0v) is 21.3. The third-order valence-corrected chi connectivity index (χ3v) is 6.23. The number of halogens is 3. The molecule has 0 saturated heterocycles. The van der Waals surface area contributed by atoms with Gasteiger partial charge in [-0.1, -0.05) is 33.1 Å². The first-order valence-electron chi connectivity index (χ1n) is 11.7. The molecular formula is C24H32F3N2O6P. The fourth-order valence-electron chi connectivity index (χ4n) is 3.17. The van der Waals surface area contributed by atoms with E-state index in [1.807, 2.05) is 13.8 Å². The Morgan fingerprint density at radius 1 is 1.08 bits per heavy atom. The molecule has 8 nitrogen and oxygen atoms in total. The Kier molecular flexibility index (Phi) is 11.2. The van der Waals surface area contributed by atoms with E-state index in [4.69, 9.17) is 14.0 Å². The zero-order chi connectivity index (χ0) is 26.8. The van der Waals surface area contributed by atoms with Gasteiger partial charge in [-0.25, -0.2) is 4.98 Å². The first-order chi connectivity index (χ1) is 16.9. The molecule has 2 N–H and O–H groups in total. The van der Waals surface area contributed by atoms with Crippen LogP contribution < -0.4 is 14.8 Å². The maximum atomic E-state index is 12.6. The topological polar surface area (TPSA) is 107 Å². The quantitative estimate of drug-likeness (QED) is 0.275. The number of pyridine rings is 1. The molecule has 0 saturated carbocycles. The van der Waals surface area contributed by atoms with Gasteiger partial charge in [0, 0.05) is 12.3 Å². The Bertz CT molecular complexity index is 1000. The summed E-state index contributed by atoms with van der Waals surface area (Å²) in [5, 5.41) is 2.39. The molecule has 1 amide bonds. The van der Waals surface area contributed by atoms with Gasteiger partial charge in [-0.2, -0.15) is 13.2 Å². The van der Waals surface area contributed by atoms with Crippen molar-refractivity contribution in [3.8, 4) is 17.4 Å². The average molecular weight is 532 g/mol. The molecule has 2 rings (SSSR count). The number of alkyl halides is 3. The summed E-state index contributed by atoms with van der Waals surface area (Å²) in [6, 6.07) is 7.99. The minimum Gasteiger partial charge on any atom is -0.481 e. The fraction of sp³-hybridized carbons (Fsp3) is 0.500. The summed E-state index contributed by atoms with van der Waals surface area (Å²) in [6.45, 7) is 5.48. The lowest BCUT2D eigenvalue weighted by molar-refractivity contribution is -0.137. The van der Waals surface area contributed by atoms with Crippen molar-refractivity contribution in [1.29, 1.82) is 0 Å². The van der Waals surface area contributed by atoms with Crippen LogP contribution in [-0.4, -0.2) is 34.3 Å². The normalized spacial score (nSPS) is 15.0. The van der Waals surface area contributed by atoms with Gasteiger partial charge in [-0.05, 0) is 50.1 Å². The summed E-state index contributed by atoms with van der Waals surface area (Å²) in [4.78, 5) is 26.1. The molecular weight excluding hydrogens is 500 g/mol. The lowest BCUT2D eigenvalue weighted by Crippen LogP contribution is -2.37. The molecule has 0 aliphatic carbocycles. The van der Waals surface area contributed by atoms with Crippen LogP contribution in [0.4, 0.5) is 13.2 Å². The first-order valence-corrected chi connectivity index (χ1v) is 13.5. The van der Waals surface area contributed by atoms with Gasteiger partial charge in [-0.15, -0.1) is 0 Å². The van der Waals surface area contributed by atoms with Gasteiger partial charge in [-0.3, -0.25) is 9.36 Å². The summed E-state index contributed by atoms with van der Waals surface area (Å²) in [5.74, 6) is 0.00450. The fourth-order valence-corrected chi connectivity index (χ4v) is 4.28. The van der Waals surface area contributed by atoms with Crippen LogP contribution in [0.5, 0.6) is 17.4 Å². The zero-order valence-electron chi connectivity index (χ0n) is 20.5. The third-order valence-electron chi connectivity index (χ3n) is 5.05. The van der Waals surface area contributed by atoms with E-state index in [0.29, 0.717) is 30.5 Å². The van der Waals surface area contributed by atoms with Crippen molar-refractivity contribution >= 4 is 13.5 Å². The predicted molar refractivity (Wildman–Crippen MR) is 128 cm³/mol. The lowest BCUT2D eigenvalue weighted by atomic mass is 10.1. The number of benzene rings is 1. The van der Waals surface area contributed by atoms with E-state index in [1.165, 1.54) is 31.2 Å². The van der Waals surface area contributed by atoms with Gasteiger partial charge in [0.2, 0.25) is 5.88 Å². The summed E-state index contributed by atoms with van der Waals surface area (Å²) in [5.41, 5.74) is -0.882. The van der Waals surface area contributed by atoms with E-state index < -0.39 is 37.6 Å². The molecule has 36 heavy (non-hydrogen) atoms. The van der Waals surface area contributed by atoms with Crippen molar-refractivity contribution in [1.82, 2.24) is 10.3 Å². The lowest BCUT2D eigenvalue weighted by Gasteiger charge is -2.22. The molecule has 0 aliphatic heterocycles. The Balaban J connectivity index is 1.85. The number of rotatable bonds is 14. The summed E-state index contributed by atoms with van der Waals surface area (Å²) < 4.78 is 66.6.